The monoisotopic (exact) mass is 364 g/mol. The van der Waals surface area contributed by atoms with E-state index in [9.17, 15) is 4.79 Å². The molecule has 1 saturated carbocycles. The number of hydrogen-bond acceptors (Lipinski definition) is 3. The van der Waals surface area contributed by atoms with Crippen molar-refractivity contribution < 1.29 is 9.53 Å². The highest BCUT2D eigenvalue weighted by atomic mass is 16.5. The lowest BCUT2D eigenvalue weighted by Crippen LogP contribution is -2.46. The number of amides is 1. The first-order chi connectivity index (χ1) is 13.1. The number of rotatable bonds is 4. The Hall–Kier alpha value is -2.33. The third-order valence-corrected chi connectivity index (χ3v) is 6.08. The summed E-state index contributed by atoms with van der Waals surface area (Å²) in [5, 5.41) is 3.21. The van der Waals surface area contributed by atoms with Crippen LogP contribution in [0.3, 0.4) is 0 Å². The van der Waals surface area contributed by atoms with Crippen molar-refractivity contribution in [3.8, 4) is 0 Å². The van der Waals surface area contributed by atoms with Gasteiger partial charge in [-0.3, -0.25) is 4.79 Å². The van der Waals surface area contributed by atoms with Crippen LogP contribution in [0.25, 0.3) is 0 Å². The molecule has 0 aromatic heterocycles. The molecular formula is C23H28N2O2. The van der Waals surface area contributed by atoms with Gasteiger partial charge in [0, 0.05) is 24.5 Å². The number of hydrogen-bond donors (Lipinski definition) is 1. The molecule has 2 aromatic rings. The van der Waals surface area contributed by atoms with Crippen LogP contribution in [0, 0.1) is 13.8 Å². The molecule has 27 heavy (non-hydrogen) atoms. The van der Waals surface area contributed by atoms with Crippen molar-refractivity contribution in [3.63, 3.8) is 0 Å². The molecule has 1 aliphatic carbocycles. The van der Waals surface area contributed by atoms with Crippen LogP contribution in [0.15, 0.2) is 42.5 Å². The molecule has 0 unspecified atom stereocenters. The van der Waals surface area contributed by atoms with E-state index in [0.29, 0.717) is 0 Å². The minimum Gasteiger partial charge on any atom is -0.378 e. The van der Waals surface area contributed by atoms with E-state index in [1.807, 2.05) is 6.07 Å². The highest BCUT2D eigenvalue weighted by Gasteiger charge is 2.45. The van der Waals surface area contributed by atoms with Gasteiger partial charge >= 0.3 is 0 Å². The maximum atomic E-state index is 13.2. The van der Waals surface area contributed by atoms with Gasteiger partial charge in [-0.05, 0) is 56.0 Å². The van der Waals surface area contributed by atoms with Gasteiger partial charge in [-0.25, -0.2) is 0 Å². The molecule has 2 aliphatic rings. The summed E-state index contributed by atoms with van der Waals surface area (Å²) >= 11 is 0. The molecule has 4 rings (SSSR count). The van der Waals surface area contributed by atoms with Gasteiger partial charge in [-0.2, -0.15) is 0 Å². The van der Waals surface area contributed by atoms with Crippen LogP contribution >= 0.6 is 0 Å². The van der Waals surface area contributed by atoms with E-state index in [0.717, 1.165) is 62.4 Å². The van der Waals surface area contributed by atoms with Gasteiger partial charge in [-0.15, -0.1) is 0 Å². The predicted octanol–water partition coefficient (Wildman–Crippen LogP) is 4.20. The summed E-state index contributed by atoms with van der Waals surface area (Å²) in [7, 11) is 0. The number of benzene rings is 2. The molecule has 1 saturated heterocycles. The van der Waals surface area contributed by atoms with Gasteiger partial charge in [0.15, 0.2) is 0 Å². The summed E-state index contributed by atoms with van der Waals surface area (Å²) in [6.07, 6.45) is 2.95. The van der Waals surface area contributed by atoms with Crippen LogP contribution in [0.4, 0.5) is 11.4 Å². The normalized spacial score (nSPS) is 18.7. The summed E-state index contributed by atoms with van der Waals surface area (Å²) in [6, 6.07) is 14.7. The first kappa shape index (κ1) is 18.1. The predicted molar refractivity (Wildman–Crippen MR) is 110 cm³/mol. The van der Waals surface area contributed by atoms with E-state index in [4.69, 9.17) is 4.74 Å². The van der Waals surface area contributed by atoms with Crippen LogP contribution in [0.2, 0.25) is 0 Å². The zero-order chi connectivity index (χ0) is 18.9. The minimum atomic E-state index is -0.372. The fourth-order valence-electron chi connectivity index (χ4n) is 4.10. The van der Waals surface area contributed by atoms with Crippen molar-refractivity contribution >= 4 is 17.3 Å². The number of carbonyl (C=O) groups excluding carboxylic acids is 1. The second kappa shape index (κ2) is 7.35. The fraction of sp³-hybridized carbons (Fsp3) is 0.435. The van der Waals surface area contributed by atoms with Crippen LogP contribution in [-0.2, 0) is 14.9 Å². The summed E-state index contributed by atoms with van der Waals surface area (Å²) in [5.74, 6) is 0.125. The summed E-state index contributed by atoms with van der Waals surface area (Å²) in [6.45, 7) is 7.53. The van der Waals surface area contributed by atoms with Gasteiger partial charge in [-0.1, -0.05) is 36.2 Å². The SMILES string of the molecule is Cc1ccc(C2(C(=O)Nc3ccc(N4CCOCC4)cc3C)CCC2)cc1. The Kier molecular flexibility index (Phi) is 4.92. The highest BCUT2D eigenvalue weighted by Crippen LogP contribution is 2.45. The molecule has 142 valence electrons. The number of morpholine rings is 1. The minimum absolute atomic E-state index is 0.125. The van der Waals surface area contributed by atoms with E-state index >= 15 is 0 Å². The van der Waals surface area contributed by atoms with E-state index < -0.39 is 0 Å². The molecule has 1 aliphatic heterocycles. The van der Waals surface area contributed by atoms with Gasteiger partial charge in [0.25, 0.3) is 0 Å². The average Bonchev–Trinajstić information content (AvgIpc) is 2.65. The molecule has 1 amide bonds. The summed E-state index contributed by atoms with van der Waals surface area (Å²) < 4.78 is 5.43. The third kappa shape index (κ3) is 3.46. The zero-order valence-corrected chi connectivity index (χ0v) is 16.3. The average molecular weight is 364 g/mol. The van der Waals surface area contributed by atoms with Gasteiger partial charge in [0.05, 0.1) is 18.6 Å². The lowest BCUT2D eigenvalue weighted by atomic mass is 9.63. The number of ether oxygens (including phenoxy) is 1. The van der Waals surface area contributed by atoms with Crippen molar-refractivity contribution in [2.24, 2.45) is 0 Å². The van der Waals surface area contributed by atoms with E-state index in [1.165, 1.54) is 11.3 Å². The molecule has 0 atom stereocenters. The first-order valence-corrected chi connectivity index (χ1v) is 9.90. The van der Waals surface area contributed by atoms with Gasteiger partial charge in [0.2, 0.25) is 5.91 Å². The summed E-state index contributed by atoms with van der Waals surface area (Å²) in [5.41, 5.74) is 5.21. The number of carbonyl (C=O) groups is 1. The third-order valence-electron chi connectivity index (χ3n) is 6.08. The lowest BCUT2D eigenvalue weighted by Gasteiger charge is -2.41. The van der Waals surface area contributed by atoms with Crippen molar-refractivity contribution in [1.82, 2.24) is 0 Å². The first-order valence-electron chi connectivity index (χ1n) is 9.90. The molecule has 1 heterocycles. The van der Waals surface area contributed by atoms with E-state index in [1.54, 1.807) is 0 Å². The number of anilines is 2. The maximum absolute atomic E-state index is 13.2. The topological polar surface area (TPSA) is 41.6 Å². The molecule has 0 bridgehead atoms. The smallest absolute Gasteiger partial charge is 0.235 e. The highest BCUT2D eigenvalue weighted by molar-refractivity contribution is 6.00. The van der Waals surface area contributed by atoms with Crippen LogP contribution in [-0.4, -0.2) is 32.2 Å². The molecule has 1 N–H and O–H groups in total. The van der Waals surface area contributed by atoms with Crippen LogP contribution < -0.4 is 10.2 Å². The van der Waals surface area contributed by atoms with Crippen molar-refractivity contribution in [2.75, 3.05) is 36.5 Å². The fourth-order valence-corrected chi connectivity index (χ4v) is 4.10. The Bertz CT molecular complexity index is 819. The summed E-state index contributed by atoms with van der Waals surface area (Å²) in [4.78, 5) is 15.5. The van der Waals surface area contributed by atoms with E-state index in [-0.39, 0.29) is 11.3 Å². The molecule has 2 fully saturated rings. The Morgan fingerprint density at radius 1 is 1.04 bits per heavy atom. The van der Waals surface area contributed by atoms with Crippen molar-refractivity contribution in [1.29, 1.82) is 0 Å². The largest absolute Gasteiger partial charge is 0.378 e. The Morgan fingerprint density at radius 2 is 1.74 bits per heavy atom. The van der Waals surface area contributed by atoms with E-state index in [2.05, 4.69) is 60.5 Å². The number of aryl methyl sites for hydroxylation is 2. The quantitative estimate of drug-likeness (QED) is 0.884. The Labute approximate surface area is 161 Å². The molecule has 4 heteroatoms. The molecule has 4 nitrogen and oxygen atoms in total. The van der Waals surface area contributed by atoms with Gasteiger partial charge < -0.3 is 15.0 Å². The molecule has 0 spiro atoms. The second-order valence-electron chi connectivity index (χ2n) is 7.85. The standard InChI is InChI=1S/C23H28N2O2/c1-17-4-6-19(7-5-17)23(10-3-11-23)22(26)24-21-9-8-20(16-18(21)2)25-12-14-27-15-13-25/h4-9,16H,3,10-15H2,1-2H3,(H,24,26). The number of nitrogens with zero attached hydrogens (tertiary/aromatic N) is 1. The molecule has 2 aromatic carbocycles. The molecule has 0 radical (unpaired) electrons. The van der Waals surface area contributed by atoms with Crippen molar-refractivity contribution in [2.45, 2.75) is 38.5 Å². The van der Waals surface area contributed by atoms with Crippen LogP contribution in [0.5, 0.6) is 0 Å². The van der Waals surface area contributed by atoms with Crippen LogP contribution in [0.1, 0.15) is 36.0 Å². The molecular weight excluding hydrogens is 336 g/mol. The number of nitrogens with one attached hydrogen (secondary N) is 1. The van der Waals surface area contributed by atoms with Gasteiger partial charge in [0.1, 0.15) is 0 Å². The lowest BCUT2D eigenvalue weighted by molar-refractivity contribution is -0.124. The second-order valence-corrected chi connectivity index (χ2v) is 7.85. The zero-order valence-electron chi connectivity index (χ0n) is 16.3. The Morgan fingerprint density at radius 3 is 2.33 bits per heavy atom. The Balaban J connectivity index is 1.52. The van der Waals surface area contributed by atoms with Crippen molar-refractivity contribution in [3.05, 3.63) is 59.2 Å². The maximum Gasteiger partial charge on any atom is 0.235 e.